The van der Waals surface area contributed by atoms with Crippen molar-refractivity contribution >= 4 is 23.8 Å². The van der Waals surface area contributed by atoms with Gasteiger partial charge in [-0.2, -0.15) is 4.98 Å². The van der Waals surface area contributed by atoms with Gasteiger partial charge in [-0.1, -0.05) is 0 Å². The normalized spacial score (nSPS) is 14.5. The van der Waals surface area contributed by atoms with Crippen LogP contribution in [-0.2, 0) is 4.79 Å². The fourth-order valence-electron chi connectivity index (χ4n) is 1.50. The van der Waals surface area contributed by atoms with Crippen LogP contribution in [0.15, 0.2) is 11.8 Å². The molecule has 0 aliphatic carbocycles. The second-order valence-electron chi connectivity index (χ2n) is 3.34. The lowest BCUT2D eigenvalue weighted by Gasteiger charge is -2.24. The lowest BCUT2D eigenvalue weighted by atomic mass is 10.1. The number of hydrogen-bond donors (Lipinski definition) is 2. The monoisotopic (exact) mass is 206 g/mol. The minimum absolute atomic E-state index is 0.188. The number of nitrogens with two attached hydrogens (primary N) is 1. The molecule has 0 bridgehead atoms. The first-order chi connectivity index (χ1) is 7.08. The Bertz CT molecular complexity index is 455. The summed E-state index contributed by atoms with van der Waals surface area (Å²) in [4.78, 5) is 20.4. The van der Waals surface area contributed by atoms with Crippen molar-refractivity contribution in [2.24, 2.45) is 0 Å². The number of anilines is 2. The van der Waals surface area contributed by atoms with Crippen LogP contribution in [0.3, 0.4) is 0 Å². The average molecular weight is 206 g/mol. The molecule has 0 radical (unpaired) electrons. The van der Waals surface area contributed by atoms with Crippen LogP contribution in [0.25, 0.3) is 6.08 Å². The molecule has 6 nitrogen and oxygen atoms in total. The largest absolute Gasteiger partial charge is 0.478 e. The Labute approximate surface area is 86.1 Å². The van der Waals surface area contributed by atoms with Gasteiger partial charge >= 0.3 is 5.97 Å². The fraction of sp³-hybridized carbons (Fsp3) is 0.222. The van der Waals surface area contributed by atoms with E-state index in [0.29, 0.717) is 23.5 Å². The summed E-state index contributed by atoms with van der Waals surface area (Å²) in [6.45, 7) is 0.318. The van der Waals surface area contributed by atoms with Gasteiger partial charge in [0, 0.05) is 18.8 Å². The predicted octanol–water partition coefficient (Wildman–Crippen LogP) is -0.0234. The van der Waals surface area contributed by atoms with Crippen molar-refractivity contribution in [3.8, 4) is 0 Å². The third kappa shape index (κ3) is 1.61. The summed E-state index contributed by atoms with van der Waals surface area (Å²) in [5.74, 6) is -0.0791. The van der Waals surface area contributed by atoms with Crippen LogP contribution >= 0.6 is 0 Å². The van der Waals surface area contributed by atoms with Crippen molar-refractivity contribution in [3.05, 3.63) is 17.3 Å². The smallest absolute Gasteiger partial charge is 0.333 e. The molecule has 0 unspecified atom stereocenters. The molecule has 0 amide bonds. The van der Waals surface area contributed by atoms with Crippen LogP contribution in [0.1, 0.15) is 5.56 Å². The molecule has 1 aromatic heterocycles. The van der Waals surface area contributed by atoms with Gasteiger partial charge in [0.1, 0.15) is 5.82 Å². The number of aromatic nitrogens is 2. The Morgan fingerprint density at radius 1 is 1.67 bits per heavy atom. The third-order valence-corrected chi connectivity index (χ3v) is 2.19. The average Bonchev–Trinajstić information content (AvgIpc) is 2.18. The van der Waals surface area contributed by atoms with E-state index >= 15 is 0 Å². The number of carboxylic acids is 1. The zero-order valence-electron chi connectivity index (χ0n) is 8.14. The van der Waals surface area contributed by atoms with Gasteiger partial charge < -0.3 is 15.7 Å². The molecule has 78 valence electrons. The predicted molar refractivity (Wildman–Crippen MR) is 55.3 cm³/mol. The molecule has 1 aromatic rings. The van der Waals surface area contributed by atoms with Crippen LogP contribution < -0.4 is 10.6 Å². The number of rotatable bonds is 1. The Balaban J connectivity index is 2.52. The molecule has 0 atom stereocenters. The molecule has 0 saturated heterocycles. The quantitative estimate of drug-likeness (QED) is 0.670. The van der Waals surface area contributed by atoms with Crippen molar-refractivity contribution in [2.75, 3.05) is 24.2 Å². The molecule has 0 aromatic carbocycles. The zero-order valence-corrected chi connectivity index (χ0v) is 8.14. The number of likely N-dealkylation sites (N-methyl/N-ethyl adjacent to an activating group) is 1. The van der Waals surface area contributed by atoms with Crippen LogP contribution in [0.4, 0.5) is 11.8 Å². The Hall–Kier alpha value is -2.11. The Kier molecular flexibility index (Phi) is 2.03. The minimum Gasteiger partial charge on any atom is -0.478 e. The Morgan fingerprint density at radius 3 is 3.07 bits per heavy atom. The first kappa shape index (κ1) is 9.45. The number of carbonyl (C=O) groups is 1. The summed E-state index contributed by atoms with van der Waals surface area (Å²) in [5.41, 5.74) is 6.45. The van der Waals surface area contributed by atoms with Crippen molar-refractivity contribution in [1.82, 2.24) is 9.97 Å². The number of aliphatic carboxylic acids is 1. The second kappa shape index (κ2) is 3.23. The molecule has 6 heteroatoms. The summed E-state index contributed by atoms with van der Waals surface area (Å²) in [6, 6.07) is 0. The lowest BCUT2D eigenvalue weighted by molar-refractivity contribution is -0.132. The van der Waals surface area contributed by atoms with E-state index in [-0.39, 0.29) is 5.95 Å². The van der Waals surface area contributed by atoms with E-state index in [1.807, 2.05) is 0 Å². The summed E-state index contributed by atoms with van der Waals surface area (Å²) in [7, 11) is 1.77. The summed E-state index contributed by atoms with van der Waals surface area (Å²) in [5, 5.41) is 8.88. The van der Waals surface area contributed by atoms with E-state index in [0.717, 1.165) is 0 Å². The first-order valence-corrected chi connectivity index (χ1v) is 4.35. The van der Waals surface area contributed by atoms with E-state index in [4.69, 9.17) is 10.8 Å². The lowest BCUT2D eigenvalue weighted by Crippen LogP contribution is -2.28. The topological polar surface area (TPSA) is 92.3 Å². The molecular formula is C9H10N4O2. The molecule has 0 saturated carbocycles. The number of fused-ring (bicyclic) bond motifs is 1. The van der Waals surface area contributed by atoms with Crippen LogP contribution in [0.5, 0.6) is 0 Å². The molecule has 1 aliphatic rings. The summed E-state index contributed by atoms with van der Waals surface area (Å²) in [6.07, 6.45) is 3.09. The highest BCUT2D eigenvalue weighted by Gasteiger charge is 2.20. The van der Waals surface area contributed by atoms with E-state index in [1.165, 1.54) is 6.20 Å². The SMILES string of the molecule is CN1CC(C(=O)O)=Cc2cnc(N)nc21. The van der Waals surface area contributed by atoms with Gasteiger partial charge in [-0.15, -0.1) is 0 Å². The molecule has 1 aliphatic heterocycles. The molecule has 3 N–H and O–H groups in total. The number of hydrogen-bond acceptors (Lipinski definition) is 5. The highest BCUT2D eigenvalue weighted by Crippen LogP contribution is 2.25. The van der Waals surface area contributed by atoms with Crippen molar-refractivity contribution in [1.29, 1.82) is 0 Å². The number of nitrogen functional groups attached to an aromatic ring is 1. The molecule has 15 heavy (non-hydrogen) atoms. The Morgan fingerprint density at radius 2 is 2.40 bits per heavy atom. The van der Waals surface area contributed by atoms with E-state index < -0.39 is 5.97 Å². The van der Waals surface area contributed by atoms with E-state index in [9.17, 15) is 4.79 Å². The summed E-state index contributed by atoms with van der Waals surface area (Å²) >= 11 is 0. The molecular weight excluding hydrogens is 196 g/mol. The highest BCUT2D eigenvalue weighted by molar-refractivity contribution is 5.95. The maximum Gasteiger partial charge on any atom is 0.333 e. The standard InChI is InChI=1S/C9H10N4O2/c1-13-4-6(8(14)15)2-5-3-11-9(10)12-7(5)13/h2-3H,4H2,1H3,(H,14,15)(H2,10,11,12). The summed E-state index contributed by atoms with van der Waals surface area (Å²) < 4.78 is 0. The highest BCUT2D eigenvalue weighted by atomic mass is 16.4. The minimum atomic E-state index is -0.927. The van der Waals surface area contributed by atoms with Gasteiger partial charge in [-0.05, 0) is 6.08 Å². The van der Waals surface area contributed by atoms with Gasteiger partial charge in [0.25, 0.3) is 0 Å². The molecule has 2 heterocycles. The maximum atomic E-state index is 10.8. The number of nitrogens with zero attached hydrogens (tertiary/aromatic N) is 3. The van der Waals surface area contributed by atoms with Crippen LogP contribution in [-0.4, -0.2) is 34.6 Å². The first-order valence-electron chi connectivity index (χ1n) is 4.35. The molecule has 0 fully saturated rings. The third-order valence-electron chi connectivity index (χ3n) is 2.19. The van der Waals surface area contributed by atoms with Gasteiger partial charge in [-0.25, -0.2) is 9.78 Å². The zero-order chi connectivity index (χ0) is 11.0. The number of carboxylic acid groups (broad SMARTS) is 1. The van der Waals surface area contributed by atoms with Gasteiger partial charge in [0.05, 0.1) is 12.1 Å². The maximum absolute atomic E-state index is 10.8. The van der Waals surface area contributed by atoms with Crippen LogP contribution in [0.2, 0.25) is 0 Å². The van der Waals surface area contributed by atoms with Crippen molar-refractivity contribution in [2.45, 2.75) is 0 Å². The van der Waals surface area contributed by atoms with Gasteiger partial charge in [-0.3, -0.25) is 0 Å². The molecule has 0 spiro atoms. The van der Waals surface area contributed by atoms with Crippen molar-refractivity contribution < 1.29 is 9.90 Å². The van der Waals surface area contributed by atoms with Gasteiger partial charge in [0.15, 0.2) is 0 Å². The van der Waals surface area contributed by atoms with Gasteiger partial charge in [0.2, 0.25) is 5.95 Å². The fourth-order valence-corrected chi connectivity index (χ4v) is 1.50. The van der Waals surface area contributed by atoms with Crippen molar-refractivity contribution in [3.63, 3.8) is 0 Å². The van der Waals surface area contributed by atoms with Crippen LogP contribution in [0, 0.1) is 0 Å². The van der Waals surface area contributed by atoms with E-state index in [1.54, 1.807) is 18.0 Å². The molecule has 2 rings (SSSR count). The second-order valence-corrected chi connectivity index (χ2v) is 3.34. The van der Waals surface area contributed by atoms with E-state index in [2.05, 4.69) is 9.97 Å².